The zero-order chi connectivity index (χ0) is 17.6. The Morgan fingerprint density at radius 2 is 1.73 bits per heavy atom. The highest BCUT2D eigenvalue weighted by molar-refractivity contribution is 7.90. The minimum atomic E-state index is -3.03. The van der Waals surface area contributed by atoms with Crippen LogP contribution in [-0.2, 0) is 14.6 Å². The molecule has 2 atom stereocenters. The summed E-state index contributed by atoms with van der Waals surface area (Å²) >= 11 is 0. The Balaban J connectivity index is 4.49. The van der Waals surface area contributed by atoms with Gasteiger partial charge in [0.15, 0.2) is 0 Å². The molecule has 0 aliphatic carbocycles. The van der Waals surface area contributed by atoms with Crippen molar-refractivity contribution in [2.24, 2.45) is 5.92 Å². The lowest BCUT2D eigenvalue weighted by Gasteiger charge is -2.26. The number of amides is 1. The molecule has 2 unspecified atom stereocenters. The number of hydrogen-bond acceptors (Lipinski definition) is 5. The van der Waals surface area contributed by atoms with E-state index in [2.05, 4.69) is 24.5 Å². The molecular weight excluding hydrogens is 304 g/mol. The van der Waals surface area contributed by atoms with E-state index in [-0.39, 0.29) is 17.8 Å². The number of ether oxygens (including phenoxy) is 1. The summed E-state index contributed by atoms with van der Waals surface area (Å²) in [6.07, 6.45) is 1.60. The number of nitrogens with one attached hydrogen (secondary N) is 2. The van der Waals surface area contributed by atoms with Crippen molar-refractivity contribution in [3.8, 4) is 0 Å². The molecule has 2 N–H and O–H groups in total. The maximum Gasteiger partial charge on any atom is 0.407 e. The number of carbonyl (C=O) groups is 1. The average Bonchev–Trinajstić information content (AvgIpc) is 2.19. The van der Waals surface area contributed by atoms with Crippen molar-refractivity contribution in [1.29, 1.82) is 0 Å². The van der Waals surface area contributed by atoms with Crippen LogP contribution in [-0.4, -0.2) is 50.7 Å². The van der Waals surface area contributed by atoms with Crippen molar-refractivity contribution in [2.75, 3.05) is 18.6 Å². The van der Waals surface area contributed by atoms with Crippen LogP contribution in [0.2, 0.25) is 0 Å². The quantitative estimate of drug-likeness (QED) is 0.708. The summed E-state index contributed by atoms with van der Waals surface area (Å²) in [5.74, 6) is 0.511. The monoisotopic (exact) mass is 336 g/mol. The van der Waals surface area contributed by atoms with Gasteiger partial charge in [0, 0.05) is 24.9 Å². The van der Waals surface area contributed by atoms with Crippen LogP contribution in [0, 0.1) is 5.92 Å². The molecule has 132 valence electrons. The van der Waals surface area contributed by atoms with Gasteiger partial charge < -0.3 is 15.4 Å². The second-order valence-electron chi connectivity index (χ2n) is 7.37. The fraction of sp³-hybridized carbons (Fsp3) is 0.933. The fourth-order valence-electron chi connectivity index (χ4n) is 2.20. The molecule has 1 amide bonds. The summed E-state index contributed by atoms with van der Waals surface area (Å²) in [4.78, 5) is 11.7. The van der Waals surface area contributed by atoms with Crippen LogP contribution in [0.15, 0.2) is 0 Å². The van der Waals surface area contributed by atoms with Gasteiger partial charge in [0.2, 0.25) is 0 Å². The van der Waals surface area contributed by atoms with Gasteiger partial charge in [0.1, 0.15) is 15.4 Å². The Kier molecular flexibility index (Phi) is 8.39. The lowest BCUT2D eigenvalue weighted by molar-refractivity contribution is 0.0520. The van der Waals surface area contributed by atoms with Crippen LogP contribution in [0.3, 0.4) is 0 Å². The molecule has 0 rings (SSSR count). The highest BCUT2D eigenvalue weighted by Gasteiger charge is 2.20. The molecule has 22 heavy (non-hydrogen) atoms. The van der Waals surface area contributed by atoms with Gasteiger partial charge in [-0.2, -0.15) is 0 Å². The number of alkyl carbamates (subject to hydrolysis) is 1. The maximum absolute atomic E-state index is 11.7. The van der Waals surface area contributed by atoms with Crippen molar-refractivity contribution in [3.05, 3.63) is 0 Å². The van der Waals surface area contributed by atoms with Gasteiger partial charge in [0.25, 0.3) is 0 Å². The molecular formula is C15H32N2O4S. The maximum atomic E-state index is 11.7. The highest BCUT2D eigenvalue weighted by Crippen LogP contribution is 2.08. The van der Waals surface area contributed by atoms with Gasteiger partial charge in [-0.3, -0.25) is 0 Å². The van der Waals surface area contributed by atoms with Gasteiger partial charge in [-0.05, 0) is 40.0 Å². The van der Waals surface area contributed by atoms with Crippen molar-refractivity contribution >= 4 is 15.9 Å². The van der Waals surface area contributed by atoms with Crippen molar-refractivity contribution < 1.29 is 17.9 Å². The first kappa shape index (κ1) is 21.2. The summed E-state index contributed by atoms with van der Waals surface area (Å²) < 4.78 is 27.9. The van der Waals surface area contributed by atoms with Crippen LogP contribution >= 0.6 is 0 Å². The lowest BCUT2D eigenvalue weighted by atomic mass is 10.0. The smallest absolute Gasteiger partial charge is 0.407 e. The van der Waals surface area contributed by atoms with E-state index in [9.17, 15) is 13.2 Å². The number of sulfone groups is 1. The predicted molar refractivity (Wildman–Crippen MR) is 89.8 cm³/mol. The Labute approximate surface area is 135 Å². The first-order valence-corrected chi connectivity index (χ1v) is 9.75. The molecule has 0 fully saturated rings. The Morgan fingerprint density at radius 1 is 1.18 bits per heavy atom. The molecule has 0 heterocycles. The second kappa shape index (κ2) is 8.72. The van der Waals surface area contributed by atoms with Crippen LogP contribution < -0.4 is 10.6 Å². The van der Waals surface area contributed by atoms with E-state index < -0.39 is 21.5 Å². The van der Waals surface area contributed by atoms with Crippen LogP contribution in [0.25, 0.3) is 0 Å². The Bertz CT molecular complexity index is 441. The van der Waals surface area contributed by atoms with Crippen LogP contribution in [0.4, 0.5) is 4.79 Å². The van der Waals surface area contributed by atoms with E-state index in [1.807, 2.05) is 27.7 Å². The topological polar surface area (TPSA) is 84.5 Å². The summed E-state index contributed by atoms with van der Waals surface area (Å²) in [5, 5.41) is 6.01. The van der Waals surface area contributed by atoms with Gasteiger partial charge in [-0.25, -0.2) is 13.2 Å². The van der Waals surface area contributed by atoms with E-state index in [1.165, 1.54) is 6.26 Å². The van der Waals surface area contributed by atoms with Crippen molar-refractivity contribution in [3.63, 3.8) is 0 Å². The lowest BCUT2D eigenvalue weighted by Crippen LogP contribution is -2.48. The summed E-state index contributed by atoms with van der Waals surface area (Å²) in [6, 6.07) is -0.163. The molecule has 0 aliphatic heterocycles. The van der Waals surface area contributed by atoms with Crippen molar-refractivity contribution in [1.82, 2.24) is 10.6 Å². The molecule has 0 saturated heterocycles. The summed E-state index contributed by atoms with van der Waals surface area (Å²) in [6.45, 7) is 11.8. The van der Waals surface area contributed by atoms with E-state index in [4.69, 9.17) is 4.74 Å². The third-order valence-electron chi connectivity index (χ3n) is 2.72. The number of carbonyl (C=O) groups excluding carboxylic acids is 1. The van der Waals surface area contributed by atoms with Gasteiger partial charge in [0.05, 0.1) is 5.75 Å². The number of hydrogen-bond donors (Lipinski definition) is 2. The third-order valence-corrected chi connectivity index (χ3v) is 3.83. The summed E-state index contributed by atoms with van der Waals surface area (Å²) in [7, 11) is -3.03. The molecule has 0 radical (unpaired) electrons. The molecule has 6 nitrogen and oxygen atoms in total. The number of rotatable bonds is 8. The van der Waals surface area contributed by atoms with E-state index in [0.29, 0.717) is 12.5 Å². The molecule has 0 aromatic rings. The Morgan fingerprint density at radius 3 is 2.14 bits per heavy atom. The average molecular weight is 336 g/mol. The minimum absolute atomic E-state index is 0.00395. The minimum Gasteiger partial charge on any atom is -0.444 e. The Hall–Kier alpha value is -0.820. The van der Waals surface area contributed by atoms with Crippen LogP contribution in [0.5, 0.6) is 0 Å². The highest BCUT2D eigenvalue weighted by atomic mass is 32.2. The predicted octanol–water partition coefficient (Wildman–Crippen LogP) is 1.95. The van der Waals surface area contributed by atoms with Crippen LogP contribution in [0.1, 0.15) is 48.0 Å². The first-order valence-electron chi connectivity index (χ1n) is 7.69. The molecule has 0 saturated carbocycles. The standard InChI is InChI=1S/C15H32N2O4S/c1-11(2)8-13(17-12(3)10-22(7,19)20)9-16-14(18)21-15(4,5)6/h11-13,17H,8-10H2,1-7H3,(H,16,18). The van der Waals surface area contributed by atoms with Crippen molar-refractivity contribution in [2.45, 2.75) is 65.6 Å². The first-order chi connectivity index (χ1) is 9.78. The molecule has 0 aromatic carbocycles. The SMILES string of the molecule is CC(C)CC(CNC(=O)OC(C)(C)C)NC(C)CS(C)(=O)=O. The van der Waals surface area contributed by atoms with Gasteiger partial charge in [-0.1, -0.05) is 13.8 Å². The molecule has 0 aliphatic rings. The van der Waals surface area contributed by atoms with E-state index in [0.717, 1.165) is 6.42 Å². The zero-order valence-electron chi connectivity index (χ0n) is 14.9. The van der Waals surface area contributed by atoms with Gasteiger partial charge >= 0.3 is 6.09 Å². The molecule has 0 bridgehead atoms. The van der Waals surface area contributed by atoms with Gasteiger partial charge in [-0.15, -0.1) is 0 Å². The molecule has 0 spiro atoms. The molecule has 0 aromatic heterocycles. The molecule has 7 heteroatoms. The zero-order valence-corrected chi connectivity index (χ0v) is 15.7. The summed E-state index contributed by atoms with van der Waals surface area (Å²) in [5.41, 5.74) is -0.533. The largest absolute Gasteiger partial charge is 0.444 e. The fourth-order valence-corrected chi connectivity index (χ4v) is 3.21. The second-order valence-corrected chi connectivity index (χ2v) is 9.55. The normalized spacial score (nSPS) is 15.5. The third kappa shape index (κ3) is 12.9. The van der Waals surface area contributed by atoms with E-state index in [1.54, 1.807) is 0 Å². The van der Waals surface area contributed by atoms with E-state index >= 15 is 0 Å².